The molecule has 4 nitrogen and oxygen atoms in total. The van der Waals surface area contributed by atoms with E-state index in [1.807, 2.05) is 38.1 Å². The van der Waals surface area contributed by atoms with Crippen molar-refractivity contribution in [1.29, 1.82) is 0 Å². The number of rotatable bonds is 6. The molecule has 1 heterocycles. The molecule has 1 N–H and O–H groups in total. The van der Waals surface area contributed by atoms with Crippen molar-refractivity contribution in [2.45, 2.75) is 26.8 Å². The normalized spacial score (nSPS) is 12.4. The Morgan fingerprint density at radius 2 is 2.11 bits per heavy atom. The van der Waals surface area contributed by atoms with E-state index in [1.165, 1.54) is 0 Å². The second kappa shape index (κ2) is 6.38. The molecule has 1 aromatic carbocycles. The van der Waals surface area contributed by atoms with Gasteiger partial charge in [-0.2, -0.15) is 0 Å². The standard InChI is InChI=1S/C15H20N2O2/c1-4-16-11(3)15-17-10-14(19-15)12-8-6-7-9-13(12)18-5-2/h6-11,16H,4-5H2,1-3H3. The predicted octanol–water partition coefficient (Wildman–Crippen LogP) is 3.41. The summed E-state index contributed by atoms with van der Waals surface area (Å²) in [5.41, 5.74) is 0.937. The second-order valence-corrected chi connectivity index (χ2v) is 4.27. The third kappa shape index (κ3) is 3.15. The average molecular weight is 260 g/mol. The van der Waals surface area contributed by atoms with Gasteiger partial charge in [-0.15, -0.1) is 0 Å². The minimum Gasteiger partial charge on any atom is -0.493 e. The topological polar surface area (TPSA) is 47.3 Å². The fourth-order valence-corrected chi connectivity index (χ4v) is 1.96. The van der Waals surface area contributed by atoms with Crippen LogP contribution in [-0.2, 0) is 0 Å². The molecule has 0 amide bonds. The molecule has 102 valence electrons. The molecule has 0 radical (unpaired) electrons. The van der Waals surface area contributed by atoms with E-state index >= 15 is 0 Å². The molecule has 2 rings (SSSR count). The minimum absolute atomic E-state index is 0.109. The van der Waals surface area contributed by atoms with Crippen LogP contribution in [0.15, 0.2) is 34.9 Å². The predicted molar refractivity (Wildman–Crippen MR) is 75.2 cm³/mol. The van der Waals surface area contributed by atoms with Crippen molar-refractivity contribution < 1.29 is 9.15 Å². The van der Waals surface area contributed by atoms with Gasteiger partial charge in [0.2, 0.25) is 5.89 Å². The van der Waals surface area contributed by atoms with Gasteiger partial charge in [0.05, 0.1) is 24.4 Å². The van der Waals surface area contributed by atoms with E-state index in [0.717, 1.165) is 23.6 Å². The highest BCUT2D eigenvalue weighted by Gasteiger charge is 2.14. The summed E-state index contributed by atoms with van der Waals surface area (Å²) in [4.78, 5) is 4.33. The first-order valence-electron chi connectivity index (χ1n) is 6.67. The molecule has 1 atom stereocenters. The maximum atomic E-state index is 5.82. The molecular weight excluding hydrogens is 240 g/mol. The van der Waals surface area contributed by atoms with Gasteiger partial charge >= 0.3 is 0 Å². The van der Waals surface area contributed by atoms with Crippen LogP contribution in [0.4, 0.5) is 0 Å². The molecule has 0 spiro atoms. The third-order valence-electron chi connectivity index (χ3n) is 2.86. The van der Waals surface area contributed by atoms with Gasteiger partial charge in [-0.3, -0.25) is 0 Å². The number of para-hydroxylation sites is 1. The monoisotopic (exact) mass is 260 g/mol. The van der Waals surface area contributed by atoms with E-state index in [2.05, 4.69) is 17.2 Å². The molecule has 0 aliphatic carbocycles. The largest absolute Gasteiger partial charge is 0.493 e. The first kappa shape index (κ1) is 13.6. The van der Waals surface area contributed by atoms with Gasteiger partial charge in [0.1, 0.15) is 5.75 Å². The van der Waals surface area contributed by atoms with Crippen molar-refractivity contribution >= 4 is 0 Å². The SMILES string of the molecule is CCNC(C)c1ncc(-c2ccccc2OCC)o1. The molecule has 0 aliphatic rings. The zero-order valence-electron chi connectivity index (χ0n) is 11.6. The highest BCUT2D eigenvalue weighted by Crippen LogP contribution is 2.31. The number of aromatic nitrogens is 1. The molecular formula is C15H20N2O2. The smallest absolute Gasteiger partial charge is 0.211 e. The summed E-state index contributed by atoms with van der Waals surface area (Å²) in [6, 6.07) is 7.95. The highest BCUT2D eigenvalue weighted by atomic mass is 16.5. The lowest BCUT2D eigenvalue weighted by Gasteiger charge is -2.08. The highest BCUT2D eigenvalue weighted by molar-refractivity contribution is 5.65. The zero-order valence-corrected chi connectivity index (χ0v) is 11.6. The van der Waals surface area contributed by atoms with Crippen molar-refractivity contribution in [3.63, 3.8) is 0 Å². The van der Waals surface area contributed by atoms with Gasteiger partial charge in [-0.05, 0) is 32.5 Å². The third-order valence-corrected chi connectivity index (χ3v) is 2.86. The van der Waals surface area contributed by atoms with Crippen LogP contribution in [0.3, 0.4) is 0 Å². The molecule has 1 unspecified atom stereocenters. The van der Waals surface area contributed by atoms with E-state index in [0.29, 0.717) is 12.5 Å². The van der Waals surface area contributed by atoms with Gasteiger partial charge in [-0.1, -0.05) is 19.1 Å². The van der Waals surface area contributed by atoms with Crippen molar-refractivity contribution in [2.24, 2.45) is 0 Å². The van der Waals surface area contributed by atoms with E-state index < -0.39 is 0 Å². The van der Waals surface area contributed by atoms with Crippen molar-refractivity contribution in [1.82, 2.24) is 10.3 Å². The fraction of sp³-hybridized carbons (Fsp3) is 0.400. The van der Waals surface area contributed by atoms with Crippen LogP contribution in [0.2, 0.25) is 0 Å². The number of oxazole rings is 1. The van der Waals surface area contributed by atoms with Crippen LogP contribution in [0.1, 0.15) is 32.7 Å². The van der Waals surface area contributed by atoms with Crippen LogP contribution in [0.25, 0.3) is 11.3 Å². The molecule has 4 heteroatoms. The van der Waals surface area contributed by atoms with Gasteiger partial charge < -0.3 is 14.5 Å². The second-order valence-electron chi connectivity index (χ2n) is 4.27. The fourth-order valence-electron chi connectivity index (χ4n) is 1.96. The summed E-state index contributed by atoms with van der Waals surface area (Å²) in [5.74, 6) is 2.26. The Morgan fingerprint density at radius 1 is 1.32 bits per heavy atom. The van der Waals surface area contributed by atoms with Crippen molar-refractivity contribution in [3.8, 4) is 17.1 Å². The van der Waals surface area contributed by atoms with Crippen LogP contribution >= 0.6 is 0 Å². The number of hydrogen-bond acceptors (Lipinski definition) is 4. The molecule has 19 heavy (non-hydrogen) atoms. The number of hydrogen-bond donors (Lipinski definition) is 1. The summed E-state index contributed by atoms with van der Waals surface area (Å²) in [5, 5.41) is 3.28. The Bertz CT molecular complexity index is 522. The Morgan fingerprint density at radius 3 is 2.84 bits per heavy atom. The molecule has 0 saturated heterocycles. The summed E-state index contributed by atoms with van der Waals surface area (Å²) in [6.45, 7) is 7.58. The average Bonchev–Trinajstić information content (AvgIpc) is 2.90. The van der Waals surface area contributed by atoms with Gasteiger partial charge in [-0.25, -0.2) is 4.98 Å². The maximum Gasteiger partial charge on any atom is 0.211 e. The summed E-state index contributed by atoms with van der Waals surface area (Å²) < 4.78 is 11.4. The molecule has 2 aromatic rings. The quantitative estimate of drug-likeness (QED) is 0.864. The van der Waals surface area contributed by atoms with E-state index in [4.69, 9.17) is 9.15 Å². The van der Waals surface area contributed by atoms with E-state index in [9.17, 15) is 0 Å². The molecule has 0 bridgehead atoms. The lowest BCUT2D eigenvalue weighted by Crippen LogP contribution is -2.17. The minimum atomic E-state index is 0.109. The number of nitrogens with zero attached hydrogens (tertiary/aromatic N) is 1. The summed E-state index contributed by atoms with van der Waals surface area (Å²) in [6.07, 6.45) is 1.75. The first-order chi connectivity index (χ1) is 9.26. The Kier molecular flexibility index (Phi) is 4.58. The summed E-state index contributed by atoms with van der Waals surface area (Å²) in [7, 11) is 0. The van der Waals surface area contributed by atoms with E-state index in [-0.39, 0.29) is 6.04 Å². The van der Waals surface area contributed by atoms with Gasteiger partial charge in [0.15, 0.2) is 5.76 Å². The Balaban J connectivity index is 2.27. The number of benzene rings is 1. The van der Waals surface area contributed by atoms with Crippen molar-refractivity contribution in [3.05, 3.63) is 36.4 Å². The lowest BCUT2D eigenvalue weighted by molar-refractivity contribution is 0.340. The molecule has 0 fully saturated rings. The first-order valence-corrected chi connectivity index (χ1v) is 6.67. The molecule has 0 aliphatic heterocycles. The lowest BCUT2D eigenvalue weighted by atomic mass is 10.1. The van der Waals surface area contributed by atoms with Crippen LogP contribution in [-0.4, -0.2) is 18.1 Å². The van der Waals surface area contributed by atoms with Crippen LogP contribution < -0.4 is 10.1 Å². The van der Waals surface area contributed by atoms with E-state index in [1.54, 1.807) is 6.20 Å². The molecule has 1 aromatic heterocycles. The van der Waals surface area contributed by atoms with Crippen LogP contribution in [0, 0.1) is 0 Å². The van der Waals surface area contributed by atoms with Gasteiger partial charge in [0, 0.05) is 0 Å². The van der Waals surface area contributed by atoms with Gasteiger partial charge in [0.25, 0.3) is 0 Å². The van der Waals surface area contributed by atoms with Crippen LogP contribution in [0.5, 0.6) is 5.75 Å². The zero-order chi connectivity index (χ0) is 13.7. The maximum absolute atomic E-state index is 5.82. The van der Waals surface area contributed by atoms with Crippen molar-refractivity contribution in [2.75, 3.05) is 13.2 Å². The molecule has 0 saturated carbocycles. The Labute approximate surface area is 113 Å². The number of nitrogens with one attached hydrogen (secondary N) is 1. The Hall–Kier alpha value is -1.81. The summed E-state index contributed by atoms with van der Waals surface area (Å²) >= 11 is 0. The number of ether oxygens (including phenoxy) is 1.